The summed E-state index contributed by atoms with van der Waals surface area (Å²) in [4.78, 5) is 64.2. The molecule has 58 heavy (non-hydrogen) atoms. The van der Waals surface area contributed by atoms with E-state index in [1.807, 2.05) is 41.3 Å². The Hall–Kier alpha value is -5.16. The monoisotopic (exact) mass is 804 g/mol. The smallest absolute Gasteiger partial charge is 0.257 e. The summed E-state index contributed by atoms with van der Waals surface area (Å²) in [6.45, 7) is 8.57. The average molecular weight is 805 g/mol. The van der Waals surface area contributed by atoms with Gasteiger partial charge in [-0.1, -0.05) is 23.7 Å². The topological polar surface area (TPSA) is 144 Å². The van der Waals surface area contributed by atoms with Crippen molar-refractivity contribution in [3.8, 4) is 6.07 Å². The van der Waals surface area contributed by atoms with Gasteiger partial charge in [0.15, 0.2) is 6.23 Å². The molecule has 0 saturated carbocycles. The molecule has 2 atom stereocenters. The van der Waals surface area contributed by atoms with Gasteiger partial charge in [-0.2, -0.15) is 5.26 Å². The maximum atomic E-state index is 13.8. The van der Waals surface area contributed by atoms with Crippen molar-refractivity contribution in [2.45, 2.75) is 63.3 Å². The van der Waals surface area contributed by atoms with E-state index in [0.717, 1.165) is 107 Å². The third-order valence-electron chi connectivity index (χ3n) is 13.7. The maximum Gasteiger partial charge on any atom is 0.257 e. The number of carbonyl (C=O) groups excluding carboxylic acids is 4. The molecule has 3 aromatic rings. The van der Waals surface area contributed by atoms with E-state index < -0.39 is 24.1 Å². The molecule has 5 saturated heterocycles. The molecule has 0 aliphatic carbocycles. The van der Waals surface area contributed by atoms with Gasteiger partial charge < -0.3 is 24.7 Å². The number of anilines is 3. The van der Waals surface area contributed by atoms with Crippen molar-refractivity contribution in [1.29, 1.82) is 5.26 Å². The van der Waals surface area contributed by atoms with Gasteiger partial charge in [-0.3, -0.25) is 34.3 Å². The van der Waals surface area contributed by atoms with Crippen LogP contribution < -0.4 is 20.0 Å². The molecule has 0 radical (unpaired) electrons. The van der Waals surface area contributed by atoms with E-state index in [0.29, 0.717) is 40.8 Å². The minimum Gasteiger partial charge on any atom is -0.371 e. The number of hydrogen-bond donors (Lipinski definition) is 2. The molecule has 2 N–H and O–H groups in total. The third-order valence-corrected chi connectivity index (χ3v) is 14.0. The van der Waals surface area contributed by atoms with Crippen LogP contribution in [0.15, 0.2) is 60.7 Å². The normalized spacial score (nSPS) is 24.0. The molecule has 3 aromatic carbocycles. The molecule has 14 heteroatoms. The third kappa shape index (κ3) is 7.16. The van der Waals surface area contributed by atoms with Crippen molar-refractivity contribution in [2.75, 3.05) is 80.1 Å². The van der Waals surface area contributed by atoms with Crippen molar-refractivity contribution in [3.05, 3.63) is 87.9 Å². The number of piperazine rings is 1. The Labute approximate surface area is 343 Å². The fourth-order valence-electron chi connectivity index (χ4n) is 10.2. The number of nitriles is 1. The van der Waals surface area contributed by atoms with E-state index in [1.54, 1.807) is 12.1 Å². The van der Waals surface area contributed by atoms with E-state index >= 15 is 0 Å². The molecule has 2 unspecified atom stereocenters. The minimum atomic E-state index is -1.23. The predicted molar refractivity (Wildman–Crippen MR) is 220 cm³/mol. The first-order valence-electron chi connectivity index (χ1n) is 20.7. The van der Waals surface area contributed by atoms with E-state index in [-0.39, 0.29) is 30.1 Å². The highest BCUT2D eigenvalue weighted by atomic mass is 35.5. The van der Waals surface area contributed by atoms with Gasteiger partial charge in [-0.15, -0.1) is 0 Å². The van der Waals surface area contributed by atoms with Gasteiger partial charge in [0, 0.05) is 112 Å². The number of nitrogens with zero attached hydrogens (tertiary/aromatic N) is 7. The van der Waals surface area contributed by atoms with Gasteiger partial charge in [-0.05, 0) is 92.5 Å². The maximum absolute atomic E-state index is 13.8. The fourth-order valence-corrected chi connectivity index (χ4v) is 10.4. The number of halogens is 1. The van der Waals surface area contributed by atoms with Gasteiger partial charge in [0.25, 0.3) is 11.8 Å². The highest BCUT2D eigenvalue weighted by Gasteiger charge is 2.45. The molecule has 5 fully saturated rings. The van der Waals surface area contributed by atoms with Gasteiger partial charge in [0.05, 0.1) is 10.6 Å². The number of piperidine rings is 3. The standard InChI is InChI=1S/C44H49ClN8O5/c45-37-26-34(5-4-30(37)27-46)49-17-12-44(13-18-49)14-19-52(28-44)32-3-1-2-29(24-32)41(56)51-22-20-50(21-23-51)31-10-15-48(16-11-31)33-6-7-35-36(25-33)43(58)53(42(35)57)38-8-9-39(54)47-40(38)55/h1-7,24-26,31,38,42,57H,8-23,28H2,(H,47,54,55). The number of amides is 4. The Morgan fingerprint density at radius 3 is 2.17 bits per heavy atom. The molecule has 6 heterocycles. The zero-order valence-electron chi connectivity index (χ0n) is 32.6. The van der Waals surface area contributed by atoms with Crippen LogP contribution in [0, 0.1) is 16.7 Å². The van der Waals surface area contributed by atoms with Gasteiger partial charge >= 0.3 is 0 Å². The summed E-state index contributed by atoms with van der Waals surface area (Å²) >= 11 is 6.33. The number of imide groups is 1. The molecular weight excluding hydrogens is 756 g/mol. The first kappa shape index (κ1) is 38.4. The van der Waals surface area contributed by atoms with Crippen LogP contribution in [-0.4, -0.2) is 121 Å². The lowest BCUT2D eigenvalue weighted by molar-refractivity contribution is -0.139. The molecule has 13 nitrogen and oxygen atoms in total. The summed E-state index contributed by atoms with van der Waals surface area (Å²) in [5, 5.41) is 23.0. The SMILES string of the molecule is N#Cc1ccc(N2CCC3(CC2)CCN(c2cccc(C(=O)N4CCN(C5CCN(c6ccc7c(c6)C(=O)N(C6CCC(=O)NC6=O)C7O)CC5)CC4)c2)C3)cc1Cl. The molecule has 0 bridgehead atoms. The summed E-state index contributed by atoms with van der Waals surface area (Å²) in [6.07, 6.45) is 4.35. The van der Waals surface area contributed by atoms with Crippen molar-refractivity contribution in [3.63, 3.8) is 0 Å². The molecule has 302 valence electrons. The van der Waals surface area contributed by atoms with E-state index in [9.17, 15) is 29.5 Å². The van der Waals surface area contributed by atoms with Crippen LogP contribution in [0.1, 0.15) is 83.0 Å². The first-order valence-corrected chi connectivity index (χ1v) is 21.0. The Morgan fingerprint density at radius 1 is 0.793 bits per heavy atom. The number of rotatable bonds is 6. The fraction of sp³-hybridized carbons (Fsp3) is 0.477. The molecule has 4 amide bonds. The number of fused-ring (bicyclic) bond motifs is 1. The van der Waals surface area contributed by atoms with E-state index in [4.69, 9.17) is 11.6 Å². The summed E-state index contributed by atoms with van der Waals surface area (Å²) in [5.41, 5.74) is 5.49. The second-order valence-corrected chi connectivity index (χ2v) is 17.3. The summed E-state index contributed by atoms with van der Waals surface area (Å²) in [6, 6.07) is 21.1. The lowest BCUT2D eigenvalue weighted by atomic mass is 9.77. The lowest BCUT2D eigenvalue weighted by Crippen LogP contribution is -2.54. The number of nitrogens with one attached hydrogen (secondary N) is 1. The van der Waals surface area contributed by atoms with Crippen LogP contribution in [0.25, 0.3) is 0 Å². The molecule has 0 aromatic heterocycles. The number of aliphatic hydroxyl groups excluding tert-OH is 1. The number of aliphatic hydroxyl groups is 1. The highest BCUT2D eigenvalue weighted by molar-refractivity contribution is 6.32. The second kappa shape index (κ2) is 15.5. The van der Waals surface area contributed by atoms with Gasteiger partial charge in [-0.25, -0.2) is 0 Å². The summed E-state index contributed by atoms with van der Waals surface area (Å²) < 4.78 is 0. The first-order chi connectivity index (χ1) is 28.1. The van der Waals surface area contributed by atoms with Crippen molar-refractivity contribution >= 4 is 52.3 Å². The number of carbonyl (C=O) groups is 4. The number of benzene rings is 3. The Balaban J connectivity index is 0.751. The molecule has 6 aliphatic rings. The molecular formula is C44H49ClN8O5. The van der Waals surface area contributed by atoms with E-state index in [2.05, 4.69) is 43.1 Å². The van der Waals surface area contributed by atoms with Crippen molar-refractivity contribution in [2.24, 2.45) is 5.41 Å². The zero-order chi connectivity index (χ0) is 40.1. The van der Waals surface area contributed by atoms with Crippen LogP contribution >= 0.6 is 11.6 Å². The largest absolute Gasteiger partial charge is 0.371 e. The second-order valence-electron chi connectivity index (χ2n) is 16.9. The lowest BCUT2D eigenvalue weighted by Gasteiger charge is -2.43. The Kier molecular flexibility index (Phi) is 10.3. The predicted octanol–water partition coefficient (Wildman–Crippen LogP) is 4.39. The molecule has 1 spiro atoms. The Bertz CT molecular complexity index is 2170. The number of hydrogen-bond acceptors (Lipinski definition) is 10. The van der Waals surface area contributed by atoms with Gasteiger partial charge in [0.1, 0.15) is 12.1 Å². The Morgan fingerprint density at radius 2 is 1.47 bits per heavy atom. The van der Waals surface area contributed by atoms with Crippen LogP contribution in [0.5, 0.6) is 0 Å². The van der Waals surface area contributed by atoms with Crippen LogP contribution in [0.2, 0.25) is 5.02 Å². The van der Waals surface area contributed by atoms with Crippen LogP contribution in [-0.2, 0) is 9.59 Å². The average Bonchev–Trinajstić information content (AvgIpc) is 3.77. The van der Waals surface area contributed by atoms with Crippen molar-refractivity contribution in [1.82, 2.24) is 20.0 Å². The van der Waals surface area contributed by atoms with Crippen LogP contribution in [0.3, 0.4) is 0 Å². The molecule has 6 aliphatic heterocycles. The minimum absolute atomic E-state index is 0.0899. The zero-order valence-corrected chi connectivity index (χ0v) is 33.4. The van der Waals surface area contributed by atoms with E-state index in [1.165, 1.54) is 4.90 Å². The highest BCUT2D eigenvalue weighted by Crippen LogP contribution is 2.43. The summed E-state index contributed by atoms with van der Waals surface area (Å²) in [5.74, 6) is -1.22. The quantitative estimate of drug-likeness (QED) is 0.345. The van der Waals surface area contributed by atoms with Crippen LogP contribution in [0.4, 0.5) is 17.1 Å². The molecule has 9 rings (SSSR count). The van der Waals surface area contributed by atoms with Crippen molar-refractivity contribution < 1.29 is 24.3 Å². The summed E-state index contributed by atoms with van der Waals surface area (Å²) in [7, 11) is 0. The van der Waals surface area contributed by atoms with Gasteiger partial charge in [0.2, 0.25) is 11.8 Å².